The summed E-state index contributed by atoms with van der Waals surface area (Å²) in [7, 11) is 1.60. The van der Waals surface area contributed by atoms with Gasteiger partial charge in [0.2, 0.25) is 4.38 Å². The molecule has 0 unspecified atom stereocenters. The minimum absolute atomic E-state index is 0.596. The molecule has 64 valence electrons. The number of ether oxygens (including phenoxy) is 1. The van der Waals surface area contributed by atoms with Gasteiger partial charge >= 0.3 is 0 Å². The van der Waals surface area contributed by atoms with Crippen LogP contribution in [0.15, 0.2) is 30.3 Å². The Hall–Kier alpha value is -0.540. The van der Waals surface area contributed by atoms with Crippen LogP contribution in [0.4, 0.5) is 0 Å². The maximum absolute atomic E-state index is 4.90. The van der Waals surface area contributed by atoms with Crippen molar-refractivity contribution < 1.29 is 4.74 Å². The first-order valence-corrected chi connectivity index (χ1v) is 4.97. The smallest absolute Gasteiger partial charge is 0.220 e. The highest BCUT2D eigenvalue weighted by Crippen LogP contribution is 2.13. The molecule has 0 atom stereocenters. The summed E-state index contributed by atoms with van der Waals surface area (Å²) in [5.74, 6) is 0.882. The second-order valence-corrected chi connectivity index (χ2v) is 3.81. The van der Waals surface area contributed by atoms with Crippen LogP contribution in [0.2, 0.25) is 0 Å². The van der Waals surface area contributed by atoms with Crippen molar-refractivity contribution in [3.05, 3.63) is 35.9 Å². The summed E-state index contributed by atoms with van der Waals surface area (Å²) in [5.41, 5.74) is 1.27. The summed E-state index contributed by atoms with van der Waals surface area (Å²) in [6.07, 6.45) is 0. The lowest BCUT2D eigenvalue weighted by atomic mass is 10.2. The van der Waals surface area contributed by atoms with Crippen LogP contribution in [0.25, 0.3) is 0 Å². The summed E-state index contributed by atoms with van der Waals surface area (Å²) in [4.78, 5) is 0. The second kappa shape index (κ2) is 5.17. The fourth-order valence-corrected chi connectivity index (χ4v) is 1.55. The summed E-state index contributed by atoms with van der Waals surface area (Å²) < 4.78 is 5.46. The molecule has 1 nitrogen and oxygen atoms in total. The first-order chi connectivity index (χ1) is 5.83. The second-order valence-electron chi connectivity index (χ2n) is 2.23. The Kier molecular flexibility index (Phi) is 4.11. The van der Waals surface area contributed by atoms with Gasteiger partial charge in [0.05, 0.1) is 7.11 Å². The van der Waals surface area contributed by atoms with Gasteiger partial charge in [-0.15, -0.1) is 0 Å². The minimum Gasteiger partial charge on any atom is -0.482 e. The number of rotatable bonds is 2. The molecule has 0 amide bonds. The van der Waals surface area contributed by atoms with E-state index in [9.17, 15) is 0 Å². The molecule has 0 N–H and O–H groups in total. The highest BCUT2D eigenvalue weighted by Gasteiger charge is 1.96. The van der Waals surface area contributed by atoms with E-state index in [0.717, 1.165) is 5.75 Å². The summed E-state index contributed by atoms with van der Waals surface area (Å²) in [5, 5.41) is 0. The van der Waals surface area contributed by atoms with Gasteiger partial charge in [0, 0.05) is 5.75 Å². The molecule has 0 radical (unpaired) electrons. The van der Waals surface area contributed by atoms with E-state index in [0.29, 0.717) is 4.38 Å². The molecule has 0 spiro atoms. The molecular formula is C9H10OS2. The molecule has 0 bridgehead atoms. The first kappa shape index (κ1) is 9.55. The van der Waals surface area contributed by atoms with Gasteiger partial charge in [0.25, 0.3) is 0 Å². The SMILES string of the molecule is COC(=S)SCc1ccccc1. The molecule has 0 heterocycles. The lowest BCUT2D eigenvalue weighted by Gasteiger charge is -2.00. The van der Waals surface area contributed by atoms with Crippen molar-refractivity contribution in [1.82, 2.24) is 0 Å². The van der Waals surface area contributed by atoms with Crippen LogP contribution in [-0.2, 0) is 10.5 Å². The van der Waals surface area contributed by atoms with E-state index < -0.39 is 0 Å². The first-order valence-electron chi connectivity index (χ1n) is 3.57. The molecule has 12 heavy (non-hydrogen) atoms. The maximum Gasteiger partial charge on any atom is 0.220 e. The van der Waals surface area contributed by atoms with Gasteiger partial charge in [0.1, 0.15) is 0 Å². The van der Waals surface area contributed by atoms with Crippen molar-refractivity contribution in [1.29, 1.82) is 0 Å². The van der Waals surface area contributed by atoms with Crippen molar-refractivity contribution in [3.63, 3.8) is 0 Å². The van der Waals surface area contributed by atoms with E-state index in [-0.39, 0.29) is 0 Å². The van der Waals surface area contributed by atoms with Crippen molar-refractivity contribution in [2.75, 3.05) is 7.11 Å². The highest BCUT2D eigenvalue weighted by atomic mass is 32.2. The molecule has 1 rings (SSSR count). The van der Waals surface area contributed by atoms with Crippen molar-refractivity contribution in [2.45, 2.75) is 5.75 Å². The summed E-state index contributed by atoms with van der Waals surface area (Å²) >= 11 is 6.43. The Labute approximate surface area is 82.1 Å². The van der Waals surface area contributed by atoms with Crippen LogP contribution >= 0.6 is 24.0 Å². The third kappa shape index (κ3) is 3.24. The molecule has 0 saturated heterocycles. The van der Waals surface area contributed by atoms with Crippen molar-refractivity contribution in [3.8, 4) is 0 Å². The summed E-state index contributed by atoms with van der Waals surface area (Å²) in [6, 6.07) is 10.2. The Balaban J connectivity index is 2.38. The molecule has 0 saturated carbocycles. The predicted molar refractivity (Wildman–Crippen MR) is 57.3 cm³/mol. The molecule has 1 aromatic carbocycles. The van der Waals surface area contributed by atoms with Gasteiger partial charge in [-0.25, -0.2) is 0 Å². The zero-order valence-electron chi connectivity index (χ0n) is 6.82. The largest absolute Gasteiger partial charge is 0.482 e. The van der Waals surface area contributed by atoms with E-state index >= 15 is 0 Å². The molecule has 0 aliphatic carbocycles. The van der Waals surface area contributed by atoms with E-state index in [1.807, 2.05) is 18.2 Å². The number of hydrogen-bond acceptors (Lipinski definition) is 3. The number of thioether (sulfide) groups is 1. The number of hydrogen-bond donors (Lipinski definition) is 0. The minimum atomic E-state index is 0.596. The Morgan fingerprint density at radius 2 is 2.08 bits per heavy atom. The van der Waals surface area contributed by atoms with Crippen LogP contribution in [-0.4, -0.2) is 11.5 Å². The van der Waals surface area contributed by atoms with Crippen LogP contribution < -0.4 is 0 Å². The van der Waals surface area contributed by atoms with Crippen LogP contribution in [0.5, 0.6) is 0 Å². The standard InChI is InChI=1S/C9H10OS2/c1-10-9(11)12-7-8-5-3-2-4-6-8/h2-6H,7H2,1H3. The third-order valence-electron chi connectivity index (χ3n) is 1.37. The van der Waals surface area contributed by atoms with Gasteiger partial charge in [0.15, 0.2) is 0 Å². The van der Waals surface area contributed by atoms with Crippen molar-refractivity contribution in [2.24, 2.45) is 0 Å². The normalized spacial score (nSPS) is 9.42. The number of thiocarbonyl (C=S) groups is 1. The third-order valence-corrected chi connectivity index (χ3v) is 2.77. The number of benzene rings is 1. The zero-order chi connectivity index (χ0) is 8.81. The molecule has 0 aliphatic heterocycles. The molecule has 3 heteroatoms. The Bertz CT molecular complexity index is 246. The van der Waals surface area contributed by atoms with Gasteiger partial charge in [-0.2, -0.15) is 0 Å². The van der Waals surface area contributed by atoms with Gasteiger partial charge in [-0.3, -0.25) is 0 Å². The van der Waals surface area contributed by atoms with E-state index in [4.69, 9.17) is 17.0 Å². The lowest BCUT2D eigenvalue weighted by molar-refractivity contribution is 0.426. The van der Waals surface area contributed by atoms with E-state index in [2.05, 4.69) is 12.1 Å². The maximum atomic E-state index is 4.90. The molecule has 1 aromatic rings. The fraction of sp³-hybridized carbons (Fsp3) is 0.222. The quantitative estimate of drug-likeness (QED) is 0.676. The predicted octanol–water partition coefficient (Wildman–Crippen LogP) is 2.85. The van der Waals surface area contributed by atoms with E-state index in [1.54, 1.807) is 7.11 Å². The highest BCUT2D eigenvalue weighted by molar-refractivity contribution is 8.22. The average Bonchev–Trinajstić information content (AvgIpc) is 2.16. The molecular weight excluding hydrogens is 188 g/mol. The summed E-state index contributed by atoms with van der Waals surface area (Å²) in [6.45, 7) is 0. The number of methoxy groups -OCH3 is 1. The van der Waals surface area contributed by atoms with E-state index in [1.165, 1.54) is 17.3 Å². The van der Waals surface area contributed by atoms with Gasteiger partial charge in [-0.05, 0) is 17.8 Å². The Morgan fingerprint density at radius 3 is 2.67 bits per heavy atom. The van der Waals surface area contributed by atoms with Crippen LogP contribution in [0, 0.1) is 0 Å². The van der Waals surface area contributed by atoms with Crippen molar-refractivity contribution >= 4 is 28.4 Å². The monoisotopic (exact) mass is 198 g/mol. The zero-order valence-corrected chi connectivity index (χ0v) is 8.45. The topological polar surface area (TPSA) is 9.23 Å². The molecule has 0 fully saturated rings. The van der Waals surface area contributed by atoms with Gasteiger partial charge < -0.3 is 4.74 Å². The molecule has 0 aromatic heterocycles. The van der Waals surface area contributed by atoms with Crippen LogP contribution in [0.3, 0.4) is 0 Å². The van der Waals surface area contributed by atoms with Crippen LogP contribution in [0.1, 0.15) is 5.56 Å². The fourth-order valence-electron chi connectivity index (χ4n) is 0.775. The van der Waals surface area contributed by atoms with Gasteiger partial charge in [-0.1, -0.05) is 42.1 Å². The average molecular weight is 198 g/mol. The Morgan fingerprint density at radius 1 is 1.42 bits per heavy atom. The lowest BCUT2D eigenvalue weighted by Crippen LogP contribution is -1.91. The molecule has 0 aliphatic rings.